The second-order valence-corrected chi connectivity index (χ2v) is 7.27. The van der Waals surface area contributed by atoms with Crippen LogP contribution in [0.3, 0.4) is 0 Å². The molecule has 1 aromatic carbocycles. The van der Waals surface area contributed by atoms with E-state index in [4.69, 9.17) is 4.74 Å². The van der Waals surface area contributed by atoms with Crippen molar-refractivity contribution in [3.8, 4) is 0 Å². The van der Waals surface area contributed by atoms with Crippen LogP contribution in [-0.4, -0.2) is 65.8 Å². The van der Waals surface area contributed by atoms with Gasteiger partial charge in [0, 0.05) is 37.1 Å². The van der Waals surface area contributed by atoms with E-state index in [-0.39, 0.29) is 29.2 Å². The van der Waals surface area contributed by atoms with Crippen LogP contribution in [0.25, 0.3) is 0 Å². The van der Waals surface area contributed by atoms with Crippen molar-refractivity contribution < 1.29 is 19.2 Å². The number of amides is 2. The first-order valence-electron chi connectivity index (χ1n) is 8.37. The fraction of sp³-hybridized carbons (Fsp3) is 0.529. The Hall–Kier alpha value is -2.29. The van der Waals surface area contributed by atoms with E-state index in [1.165, 1.54) is 17.8 Å². The van der Waals surface area contributed by atoms with Gasteiger partial charge in [0.25, 0.3) is 11.6 Å². The lowest BCUT2D eigenvalue weighted by Gasteiger charge is -2.34. The predicted octanol–water partition coefficient (Wildman–Crippen LogP) is 2.87. The molecule has 26 heavy (non-hydrogen) atoms. The van der Waals surface area contributed by atoms with E-state index in [2.05, 4.69) is 0 Å². The number of nitro groups is 1. The lowest BCUT2D eigenvalue weighted by Crippen LogP contribution is -2.50. The molecule has 142 valence electrons. The number of ether oxygens (including phenoxy) is 1. The molecule has 0 radical (unpaired) electrons. The molecule has 8 nitrogen and oxygen atoms in total. The molecule has 9 heteroatoms. The van der Waals surface area contributed by atoms with Crippen LogP contribution in [0, 0.1) is 16.0 Å². The minimum Gasteiger partial charge on any atom is -0.449 e. The average Bonchev–Trinajstić information content (AvgIpc) is 2.64. The maximum atomic E-state index is 12.8. The van der Waals surface area contributed by atoms with E-state index < -0.39 is 4.92 Å². The van der Waals surface area contributed by atoms with Crippen LogP contribution in [0.4, 0.5) is 10.5 Å². The van der Waals surface area contributed by atoms with E-state index in [0.29, 0.717) is 32.8 Å². The normalized spacial score (nSPS) is 14.5. The summed E-state index contributed by atoms with van der Waals surface area (Å²) in [6, 6.07) is 4.54. The Morgan fingerprint density at radius 3 is 2.38 bits per heavy atom. The lowest BCUT2D eigenvalue weighted by molar-refractivity contribution is -0.385. The van der Waals surface area contributed by atoms with Crippen molar-refractivity contribution in [2.75, 3.05) is 39.0 Å². The van der Waals surface area contributed by atoms with E-state index >= 15 is 0 Å². The van der Waals surface area contributed by atoms with Gasteiger partial charge in [-0.05, 0) is 24.3 Å². The summed E-state index contributed by atoms with van der Waals surface area (Å²) < 4.78 is 5.20. The molecule has 0 unspecified atom stereocenters. The number of benzene rings is 1. The lowest BCUT2D eigenvalue weighted by atomic mass is 10.1. The third-order valence-electron chi connectivity index (χ3n) is 4.00. The van der Waals surface area contributed by atoms with Crippen molar-refractivity contribution in [1.82, 2.24) is 9.80 Å². The SMILES string of the molecule is CSc1ccc([N+](=O)[O-])c(C(=O)N2CCN(C(=O)OCC(C)C)CC2)c1. The van der Waals surface area contributed by atoms with Gasteiger partial charge in [-0.2, -0.15) is 0 Å². The third-order valence-corrected chi connectivity index (χ3v) is 4.72. The number of nitro benzene ring substituents is 1. The maximum absolute atomic E-state index is 12.8. The second kappa shape index (κ2) is 8.88. The molecule has 2 rings (SSSR count). The average molecular weight is 381 g/mol. The Morgan fingerprint density at radius 1 is 1.23 bits per heavy atom. The van der Waals surface area contributed by atoms with Crippen molar-refractivity contribution in [3.63, 3.8) is 0 Å². The van der Waals surface area contributed by atoms with Gasteiger partial charge in [0.05, 0.1) is 11.5 Å². The first kappa shape index (κ1) is 20.0. The predicted molar refractivity (Wildman–Crippen MR) is 98.5 cm³/mol. The molecule has 1 aromatic rings. The summed E-state index contributed by atoms with van der Waals surface area (Å²) in [5, 5.41) is 11.2. The molecule has 0 saturated carbocycles. The highest BCUT2D eigenvalue weighted by atomic mass is 32.2. The molecular formula is C17H23N3O5S. The van der Waals surface area contributed by atoms with Gasteiger partial charge in [-0.15, -0.1) is 11.8 Å². The first-order chi connectivity index (χ1) is 12.3. The van der Waals surface area contributed by atoms with Gasteiger partial charge < -0.3 is 14.5 Å². The zero-order valence-electron chi connectivity index (χ0n) is 15.1. The molecule has 0 aromatic heterocycles. The van der Waals surface area contributed by atoms with Gasteiger partial charge in [0.15, 0.2) is 0 Å². The Labute approximate surface area is 156 Å². The maximum Gasteiger partial charge on any atom is 0.409 e. The van der Waals surface area contributed by atoms with Crippen LogP contribution in [0.2, 0.25) is 0 Å². The molecule has 1 aliphatic heterocycles. The smallest absolute Gasteiger partial charge is 0.409 e. The molecule has 1 heterocycles. The molecule has 0 N–H and O–H groups in total. The Balaban J connectivity index is 2.04. The summed E-state index contributed by atoms with van der Waals surface area (Å²) >= 11 is 1.42. The van der Waals surface area contributed by atoms with Crippen molar-refractivity contribution in [3.05, 3.63) is 33.9 Å². The van der Waals surface area contributed by atoms with E-state index in [1.54, 1.807) is 21.9 Å². The topological polar surface area (TPSA) is 93.0 Å². The van der Waals surface area contributed by atoms with Crippen molar-refractivity contribution in [2.24, 2.45) is 5.92 Å². The standard InChI is InChI=1S/C17H23N3O5S/c1-12(2)11-25-17(22)19-8-6-18(7-9-19)16(21)14-10-13(26-3)4-5-15(14)20(23)24/h4-5,10,12H,6-9,11H2,1-3H3. The van der Waals surface area contributed by atoms with Crippen molar-refractivity contribution in [1.29, 1.82) is 0 Å². The fourth-order valence-electron chi connectivity index (χ4n) is 2.56. The van der Waals surface area contributed by atoms with Gasteiger partial charge in [-0.1, -0.05) is 13.8 Å². The van der Waals surface area contributed by atoms with Crippen LogP contribution in [0.5, 0.6) is 0 Å². The van der Waals surface area contributed by atoms with Crippen molar-refractivity contribution >= 4 is 29.4 Å². The molecule has 1 fully saturated rings. The van der Waals surface area contributed by atoms with Gasteiger partial charge in [-0.25, -0.2) is 4.79 Å². The van der Waals surface area contributed by atoms with Gasteiger partial charge in [0.2, 0.25) is 0 Å². The van der Waals surface area contributed by atoms with Crippen LogP contribution >= 0.6 is 11.8 Å². The number of carbonyl (C=O) groups is 2. The van der Waals surface area contributed by atoms with E-state index in [9.17, 15) is 19.7 Å². The van der Waals surface area contributed by atoms with E-state index in [1.807, 2.05) is 20.1 Å². The highest BCUT2D eigenvalue weighted by molar-refractivity contribution is 7.98. The minimum absolute atomic E-state index is 0.0812. The number of rotatable bonds is 5. The molecular weight excluding hydrogens is 358 g/mol. The van der Waals surface area contributed by atoms with Gasteiger partial charge in [0.1, 0.15) is 5.56 Å². The zero-order chi connectivity index (χ0) is 19.3. The molecule has 2 amide bonds. The second-order valence-electron chi connectivity index (χ2n) is 6.39. The largest absolute Gasteiger partial charge is 0.449 e. The number of thioether (sulfide) groups is 1. The van der Waals surface area contributed by atoms with E-state index in [0.717, 1.165) is 4.90 Å². The number of carbonyl (C=O) groups excluding carboxylic acids is 2. The highest BCUT2D eigenvalue weighted by Crippen LogP contribution is 2.26. The monoisotopic (exact) mass is 381 g/mol. The summed E-state index contributed by atoms with van der Waals surface area (Å²) in [5.41, 5.74) is -0.121. The van der Waals surface area contributed by atoms with Crippen molar-refractivity contribution in [2.45, 2.75) is 18.7 Å². The first-order valence-corrected chi connectivity index (χ1v) is 9.59. The van der Waals surface area contributed by atoms with Crippen LogP contribution in [-0.2, 0) is 4.74 Å². The molecule has 1 saturated heterocycles. The van der Waals surface area contributed by atoms with Crippen LogP contribution < -0.4 is 0 Å². The summed E-state index contributed by atoms with van der Waals surface area (Å²) in [6.45, 7) is 5.59. The zero-order valence-corrected chi connectivity index (χ0v) is 16.0. The number of hydrogen-bond acceptors (Lipinski definition) is 6. The molecule has 0 aliphatic carbocycles. The van der Waals surface area contributed by atoms with Gasteiger partial charge in [-0.3, -0.25) is 14.9 Å². The summed E-state index contributed by atoms with van der Waals surface area (Å²) in [4.78, 5) is 39.3. The summed E-state index contributed by atoms with van der Waals surface area (Å²) in [6.07, 6.45) is 1.46. The number of piperazine rings is 1. The number of nitrogens with zero attached hydrogens (tertiary/aromatic N) is 3. The Kier molecular flexibility index (Phi) is 6.84. The number of hydrogen-bond donors (Lipinski definition) is 0. The highest BCUT2D eigenvalue weighted by Gasteiger charge is 2.29. The van der Waals surface area contributed by atoms with Crippen LogP contribution in [0.1, 0.15) is 24.2 Å². The van der Waals surface area contributed by atoms with Gasteiger partial charge >= 0.3 is 6.09 Å². The molecule has 1 aliphatic rings. The summed E-state index contributed by atoms with van der Waals surface area (Å²) in [7, 11) is 0. The summed E-state index contributed by atoms with van der Waals surface area (Å²) in [5.74, 6) is -0.131. The Morgan fingerprint density at radius 2 is 1.85 bits per heavy atom. The molecule has 0 atom stereocenters. The minimum atomic E-state index is -0.545. The Bertz CT molecular complexity index is 687. The van der Waals surface area contributed by atoms with Crippen LogP contribution in [0.15, 0.2) is 23.1 Å². The molecule has 0 bridgehead atoms. The molecule has 0 spiro atoms. The fourth-order valence-corrected chi connectivity index (χ4v) is 3.00. The quantitative estimate of drug-likeness (QED) is 0.442. The third kappa shape index (κ3) is 4.87.